The van der Waals surface area contributed by atoms with Crippen LogP contribution in [0, 0.1) is 6.92 Å². The van der Waals surface area contributed by atoms with E-state index >= 15 is 0 Å². The van der Waals surface area contributed by atoms with Crippen LogP contribution in [-0.4, -0.2) is 41.3 Å². The molecule has 0 saturated carbocycles. The number of carbonyl (C=O) groups is 1. The molecule has 3 aromatic heterocycles. The largest absolute Gasteiger partial charge is 0.410 e. The van der Waals surface area contributed by atoms with Crippen molar-refractivity contribution in [1.29, 1.82) is 0 Å². The molecule has 0 atom stereocenters. The SMILES string of the molecule is Cc1nccc(C(=O)/C(=N\O)c2ccc3ncnn3c2)n1. The molecule has 0 fully saturated rings. The molecule has 0 amide bonds. The molecule has 0 bridgehead atoms. The lowest BCUT2D eigenvalue weighted by atomic mass is 10.1. The summed E-state index contributed by atoms with van der Waals surface area (Å²) in [6.07, 6.45) is 4.43. The van der Waals surface area contributed by atoms with Gasteiger partial charge in [0.05, 0.1) is 0 Å². The fourth-order valence-corrected chi connectivity index (χ4v) is 1.90. The van der Waals surface area contributed by atoms with E-state index in [1.807, 2.05) is 0 Å². The zero-order chi connectivity index (χ0) is 14.8. The Balaban J connectivity index is 2.03. The van der Waals surface area contributed by atoms with Crippen molar-refractivity contribution in [1.82, 2.24) is 24.6 Å². The molecule has 3 heterocycles. The summed E-state index contributed by atoms with van der Waals surface area (Å²) in [5.74, 6) is -0.0349. The van der Waals surface area contributed by atoms with E-state index in [0.29, 0.717) is 17.0 Å². The minimum Gasteiger partial charge on any atom is -0.410 e. The van der Waals surface area contributed by atoms with E-state index in [0.717, 1.165) is 0 Å². The van der Waals surface area contributed by atoms with Crippen molar-refractivity contribution in [3.63, 3.8) is 0 Å². The quantitative estimate of drug-likeness (QED) is 0.331. The van der Waals surface area contributed by atoms with Gasteiger partial charge in [0.15, 0.2) is 11.4 Å². The molecule has 8 heteroatoms. The maximum atomic E-state index is 12.4. The molecule has 0 aliphatic carbocycles. The molecule has 0 aliphatic rings. The number of carbonyl (C=O) groups excluding carboxylic acids is 1. The van der Waals surface area contributed by atoms with Crippen LogP contribution in [0.4, 0.5) is 0 Å². The molecular formula is C13H10N6O2. The average Bonchev–Trinajstić information content (AvgIpc) is 2.95. The first-order chi connectivity index (χ1) is 10.2. The highest BCUT2D eigenvalue weighted by molar-refractivity contribution is 6.50. The van der Waals surface area contributed by atoms with Crippen LogP contribution < -0.4 is 0 Å². The smallest absolute Gasteiger partial charge is 0.233 e. The summed E-state index contributed by atoms with van der Waals surface area (Å²) in [5, 5.41) is 16.3. The zero-order valence-corrected chi connectivity index (χ0v) is 11.0. The summed E-state index contributed by atoms with van der Waals surface area (Å²) in [6.45, 7) is 1.67. The Kier molecular flexibility index (Phi) is 3.11. The van der Waals surface area contributed by atoms with Gasteiger partial charge >= 0.3 is 0 Å². The van der Waals surface area contributed by atoms with E-state index in [-0.39, 0.29) is 11.4 Å². The molecule has 0 unspecified atom stereocenters. The second-order valence-electron chi connectivity index (χ2n) is 4.25. The number of pyridine rings is 1. The fraction of sp³-hybridized carbons (Fsp3) is 0.0769. The first kappa shape index (κ1) is 12.9. The van der Waals surface area contributed by atoms with Crippen LogP contribution in [0.1, 0.15) is 21.9 Å². The number of hydrogen-bond donors (Lipinski definition) is 1. The number of hydrogen-bond acceptors (Lipinski definition) is 7. The summed E-state index contributed by atoms with van der Waals surface area (Å²) in [7, 11) is 0. The maximum Gasteiger partial charge on any atom is 0.233 e. The summed E-state index contributed by atoms with van der Waals surface area (Å²) in [4.78, 5) is 24.3. The molecule has 3 aromatic rings. The molecular weight excluding hydrogens is 272 g/mol. The van der Waals surface area contributed by atoms with Crippen molar-refractivity contribution >= 4 is 17.1 Å². The molecule has 3 rings (SSSR count). The van der Waals surface area contributed by atoms with Crippen molar-refractivity contribution in [3.05, 3.63) is 54.0 Å². The third-order valence-electron chi connectivity index (χ3n) is 2.87. The van der Waals surface area contributed by atoms with E-state index in [1.54, 1.807) is 25.3 Å². The van der Waals surface area contributed by atoms with Crippen molar-refractivity contribution in [3.8, 4) is 0 Å². The van der Waals surface area contributed by atoms with Gasteiger partial charge in [0.2, 0.25) is 5.78 Å². The lowest BCUT2D eigenvalue weighted by Crippen LogP contribution is -2.18. The van der Waals surface area contributed by atoms with Gasteiger partial charge in [-0.1, -0.05) is 5.16 Å². The van der Waals surface area contributed by atoms with E-state index in [1.165, 1.54) is 23.1 Å². The van der Waals surface area contributed by atoms with Crippen molar-refractivity contribution in [2.24, 2.45) is 5.16 Å². The molecule has 21 heavy (non-hydrogen) atoms. The summed E-state index contributed by atoms with van der Waals surface area (Å²) in [6, 6.07) is 4.77. The number of Topliss-reactive ketones (excluding diaryl/α,β-unsaturated/α-hetero) is 1. The highest BCUT2D eigenvalue weighted by Gasteiger charge is 2.19. The maximum absolute atomic E-state index is 12.4. The number of oxime groups is 1. The predicted molar refractivity (Wildman–Crippen MR) is 72.4 cm³/mol. The number of rotatable bonds is 3. The van der Waals surface area contributed by atoms with Gasteiger partial charge in [-0.3, -0.25) is 4.79 Å². The summed E-state index contributed by atoms with van der Waals surface area (Å²) < 4.78 is 1.49. The van der Waals surface area contributed by atoms with Crippen LogP contribution >= 0.6 is 0 Å². The van der Waals surface area contributed by atoms with Crippen molar-refractivity contribution in [2.45, 2.75) is 6.92 Å². The molecule has 0 radical (unpaired) electrons. The molecule has 1 N–H and O–H groups in total. The Morgan fingerprint density at radius 1 is 1.29 bits per heavy atom. The number of fused-ring (bicyclic) bond motifs is 1. The standard InChI is InChI=1S/C13H10N6O2/c1-8-14-5-4-10(17-8)13(20)12(18-21)9-2-3-11-15-7-16-19(11)6-9/h2-7,21H,1H3/b18-12-. The third kappa shape index (κ3) is 2.34. The van der Waals surface area contributed by atoms with Gasteiger partial charge in [-0.25, -0.2) is 19.5 Å². The van der Waals surface area contributed by atoms with Crippen LogP contribution in [0.15, 0.2) is 42.1 Å². The Morgan fingerprint density at radius 3 is 2.90 bits per heavy atom. The van der Waals surface area contributed by atoms with E-state index < -0.39 is 5.78 Å². The minimum absolute atomic E-state index is 0.120. The zero-order valence-electron chi connectivity index (χ0n) is 11.0. The molecule has 8 nitrogen and oxygen atoms in total. The van der Waals surface area contributed by atoms with Gasteiger partial charge in [0.25, 0.3) is 0 Å². The van der Waals surface area contributed by atoms with Gasteiger partial charge in [-0.15, -0.1) is 0 Å². The Morgan fingerprint density at radius 2 is 2.14 bits per heavy atom. The molecule has 0 aliphatic heterocycles. The fourth-order valence-electron chi connectivity index (χ4n) is 1.90. The Bertz CT molecular complexity index is 854. The summed E-state index contributed by atoms with van der Waals surface area (Å²) >= 11 is 0. The highest BCUT2D eigenvalue weighted by Crippen LogP contribution is 2.09. The Labute approximate surface area is 118 Å². The van der Waals surface area contributed by atoms with Crippen LogP contribution in [0.2, 0.25) is 0 Å². The van der Waals surface area contributed by atoms with E-state index in [2.05, 4.69) is 25.2 Å². The molecule has 0 aromatic carbocycles. The number of aryl methyl sites for hydroxylation is 1. The molecule has 0 saturated heterocycles. The normalized spacial score (nSPS) is 11.8. The summed E-state index contributed by atoms with van der Waals surface area (Å²) in [5.41, 5.74) is 1.08. The first-order valence-electron chi connectivity index (χ1n) is 6.05. The second kappa shape index (κ2) is 5.08. The number of aromatic nitrogens is 5. The van der Waals surface area contributed by atoms with Crippen molar-refractivity contribution in [2.75, 3.05) is 0 Å². The van der Waals surface area contributed by atoms with Gasteiger partial charge in [-0.2, -0.15) is 5.10 Å². The van der Waals surface area contributed by atoms with Gasteiger partial charge in [0.1, 0.15) is 17.8 Å². The topological polar surface area (TPSA) is 106 Å². The molecule has 104 valence electrons. The average molecular weight is 282 g/mol. The van der Waals surface area contributed by atoms with Gasteiger partial charge in [-0.05, 0) is 25.1 Å². The van der Waals surface area contributed by atoms with E-state index in [4.69, 9.17) is 0 Å². The monoisotopic (exact) mass is 282 g/mol. The number of ketones is 1. The van der Waals surface area contributed by atoms with Gasteiger partial charge in [0, 0.05) is 18.0 Å². The van der Waals surface area contributed by atoms with E-state index in [9.17, 15) is 10.0 Å². The first-order valence-corrected chi connectivity index (χ1v) is 6.05. The van der Waals surface area contributed by atoms with Crippen LogP contribution in [0.3, 0.4) is 0 Å². The number of nitrogens with zero attached hydrogens (tertiary/aromatic N) is 6. The Hall–Kier alpha value is -3.16. The van der Waals surface area contributed by atoms with Crippen LogP contribution in [0.5, 0.6) is 0 Å². The van der Waals surface area contributed by atoms with Gasteiger partial charge < -0.3 is 5.21 Å². The van der Waals surface area contributed by atoms with Crippen LogP contribution in [-0.2, 0) is 0 Å². The van der Waals surface area contributed by atoms with Crippen molar-refractivity contribution < 1.29 is 10.0 Å². The van der Waals surface area contributed by atoms with Crippen LogP contribution in [0.25, 0.3) is 5.65 Å². The minimum atomic E-state index is -0.498. The second-order valence-corrected chi connectivity index (χ2v) is 4.25. The highest BCUT2D eigenvalue weighted by atomic mass is 16.4. The predicted octanol–water partition coefficient (Wildman–Crippen LogP) is 0.889. The lowest BCUT2D eigenvalue weighted by Gasteiger charge is -2.04. The molecule has 0 spiro atoms. The third-order valence-corrected chi connectivity index (χ3v) is 2.87. The lowest BCUT2D eigenvalue weighted by molar-refractivity contribution is 0.105.